The number of aryl methyl sites for hydroxylation is 1. The van der Waals surface area contributed by atoms with Gasteiger partial charge in [-0.1, -0.05) is 29.8 Å². The molecule has 0 aromatic heterocycles. The molecule has 1 unspecified atom stereocenters. The van der Waals surface area contributed by atoms with Gasteiger partial charge in [-0.3, -0.25) is 10.1 Å². The lowest BCUT2D eigenvalue weighted by Gasteiger charge is -2.26. The van der Waals surface area contributed by atoms with E-state index in [4.69, 9.17) is 0 Å². The van der Waals surface area contributed by atoms with E-state index in [-0.39, 0.29) is 0 Å². The lowest BCUT2D eigenvalue weighted by atomic mass is 9.99. The van der Waals surface area contributed by atoms with Gasteiger partial charge in [0.1, 0.15) is 5.54 Å². The highest BCUT2D eigenvalue weighted by molar-refractivity contribution is 7.98. The molecule has 1 aliphatic rings. The third-order valence-electron chi connectivity index (χ3n) is 3.67. The van der Waals surface area contributed by atoms with Crippen LogP contribution >= 0.6 is 11.8 Å². The first-order valence-corrected chi connectivity index (χ1v) is 8.29. The van der Waals surface area contributed by atoms with Crippen LogP contribution in [-0.2, 0) is 10.5 Å². The molecule has 0 radical (unpaired) electrons. The van der Waals surface area contributed by atoms with Crippen molar-refractivity contribution in [1.82, 2.24) is 5.32 Å². The fourth-order valence-corrected chi connectivity index (χ4v) is 3.30. The summed E-state index contributed by atoms with van der Waals surface area (Å²) in [6, 6.07) is 8.89. The first-order valence-electron chi connectivity index (χ1n) is 7.14. The van der Waals surface area contributed by atoms with Crippen LogP contribution in [0.2, 0.25) is 0 Å². The second kappa shape index (κ2) is 6.64. The van der Waals surface area contributed by atoms with E-state index in [0.29, 0.717) is 12.5 Å². The average molecular weight is 293 g/mol. The largest absolute Gasteiger partial charge is 0.480 e. The van der Waals surface area contributed by atoms with Gasteiger partial charge in [-0.15, -0.1) is 0 Å². The molecule has 3 nitrogen and oxygen atoms in total. The van der Waals surface area contributed by atoms with Crippen LogP contribution in [0, 0.1) is 6.92 Å². The van der Waals surface area contributed by atoms with Crippen molar-refractivity contribution < 1.29 is 9.90 Å². The monoisotopic (exact) mass is 293 g/mol. The number of hydrogen-bond acceptors (Lipinski definition) is 3. The summed E-state index contributed by atoms with van der Waals surface area (Å²) in [5, 5.41) is 12.7. The molecule has 1 aliphatic carbocycles. The molecule has 110 valence electrons. The highest BCUT2D eigenvalue weighted by atomic mass is 32.2. The van der Waals surface area contributed by atoms with Gasteiger partial charge >= 0.3 is 5.97 Å². The number of aliphatic carboxylic acids is 1. The van der Waals surface area contributed by atoms with Crippen molar-refractivity contribution in [3.8, 4) is 0 Å². The van der Waals surface area contributed by atoms with Gasteiger partial charge in [0.15, 0.2) is 0 Å². The van der Waals surface area contributed by atoms with Crippen LogP contribution in [-0.4, -0.2) is 28.4 Å². The molecular formula is C16H23NO2S. The Morgan fingerprint density at radius 2 is 2.25 bits per heavy atom. The highest BCUT2D eigenvalue weighted by Gasteiger charge is 2.37. The van der Waals surface area contributed by atoms with E-state index in [0.717, 1.165) is 24.3 Å². The second-order valence-corrected chi connectivity index (χ2v) is 6.95. The van der Waals surface area contributed by atoms with Crippen LogP contribution in [0.25, 0.3) is 0 Å². The van der Waals surface area contributed by atoms with Gasteiger partial charge in [-0.25, -0.2) is 0 Å². The summed E-state index contributed by atoms with van der Waals surface area (Å²) < 4.78 is 0. The van der Waals surface area contributed by atoms with E-state index < -0.39 is 11.5 Å². The summed E-state index contributed by atoms with van der Waals surface area (Å²) in [4.78, 5) is 11.4. The smallest absolute Gasteiger partial charge is 0.323 e. The Hall–Kier alpha value is -1.00. The summed E-state index contributed by atoms with van der Waals surface area (Å²) >= 11 is 1.80. The molecule has 0 bridgehead atoms. The Morgan fingerprint density at radius 3 is 2.85 bits per heavy atom. The van der Waals surface area contributed by atoms with Gasteiger partial charge in [0, 0.05) is 11.8 Å². The molecule has 1 atom stereocenters. The van der Waals surface area contributed by atoms with Gasteiger partial charge in [-0.05, 0) is 44.4 Å². The number of benzene rings is 1. The Kier molecular flexibility index (Phi) is 5.11. The SMILES string of the molecule is Cc1cccc(CSCCC(C)(NC2CC2)C(=O)O)c1. The maximum Gasteiger partial charge on any atom is 0.323 e. The minimum Gasteiger partial charge on any atom is -0.480 e. The van der Waals surface area contributed by atoms with Crippen molar-refractivity contribution in [2.45, 2.75) is 50.4 Å². The minimum atomic E-state index is -0.777. The fourth-order valence-electron chi connectivity index (χ4n) is 2.19. The van der Waals surface area contributed by atoms with E-state index in [1.165, 1.54) is 11.1 Å². The quantitative estimate of drug-likeness (QED) is 0.723. The zero-order chi connectivity index (χ0) is 14.6. The predicted octanol–water partition coefficient (Wildman–Crippen LogP) is 3.21. The highest BCUT2D eigenvalue weighted by Crippen LogP contribution is 2.26. The standard InChI is InChI=1S/C16H23NO2S/c1-12-4-3-5-13(10-12)11-20-9-8-16(2,15(18)19)17-14-6-7-14/h3-5,10,14,17H,6-9,11H2,1-2H3,(H,18,19). The van der Waals surface area contributed by atoms with Crippen molar-refractivity contribution >= 4 is 17.7 Å². The molecule has 0 amide bonds. The average Bonchev–Trinajstić information content (AvgIpc) is 3.18. The van der Waals surface area contributed by atoms with E-state index in [9.17, 15) is 9.90 Å². The molecule has 1 fully saturated rings. The topological polar surface area (TPSA) is 49.3 Å². The molecule has 1 aromatic carbocycles. The summed E-state index contributed by atoms with van der Waals surface area (Å²) in [5.41, 5.74) is 1.80. The van der Waals surface area contributed by atoms with Crippen LogP contribution in [0.4, 0.5) is 0 Å². The van der Waals surface area contributed by atoms with Crippen LogP contribution in [0.1, 0.15) is 37.3 Å². The maximum absolute atomic E-state index is 11.4. The zero-order valence-electron chi connectivity index (χ0n) is 12.2. The molecule has 1 aromatic rings. The van der Waals surface area contributed by atoms with Crippen molar-refractivity contribution in [2.75, 3.05) is 5.75 Å². The lowest BCUT2D eigenvalue weighted by molar-refractivity contribution is -0.144. The lowest BCUT2D eigenvalue weighted by Crippen LogP contribution is -2.50. The van der Waals surface area contributed by atoms with Crippen molar-refractivity contribution in [2.24, 2.45) is 0 Å². The number of thioether (sulfide) groups is 1. The summed E-state index contributed by atoms with van der Waals surface area (Å²) in [6.07, 6.45) is 2.88. The van der Waals surface area contributed by atoms with E-state index in [2.05, 4.69) is 36.5 Å². The first-order chi connectivity index (χ1) is 9.49. The molecule has 20 heavy (non-hydrogen) atoms. The fraction of sp³-hybridized carbons (Fsp3) is 0.562. The number of carbonyl (C=O) groups is 1. The van der Waals surface area contributed by atoms with Crippen LogP contribution < -0.4 is 5.32 Å². The van der Waals surface area contributed by atoms with Crippen LogP contribution in [0.3, 0.4) is 0 Å². The molecule has 0 spiro atoms. The number of rotatable bonds is 8. The summed E-state index contributed by atoms with van der Waals surface area (Å²) in [5.74, 6) is 1.07. The van der Waals surface area contributed by atoms with Gasteiger partial charge < -0.3 is 5.11 Å². The second-order valence-electron chi connectivity index (χ2n) is 5.85. The third-order valence-corrected chi connectivity index (χ3v) is 4.70. The Balaban J connectivity index is 1.77. The molecule has 2 rings (SSSR count). The van der Waals surface area contributed by atoms with Crippen molar-refractivity contribution in [3.05, 3.63) is 35.4 Å². The number of carboxylic acids is 1. The molecule has 0 aliphatic heterocycles. The number of hydrogen-bond donors (Lipinski definition) is 2. The maximum atomic E-state index is 11.4. The Morgan fingerprint density at radius 1 is 1.50 bits per heavy atom. The molecular weight excluding hydrogens is 270 g/mol. The third kappa shape index (κ3) is 4.53. The molecule has 2 N–H and O–H groups in total. The molecule has 4 heteroatoms. The van der Waals surface area contributed by atoms with Crippen LogP contribution in [0.5, 0.6) is 0 Å². The first kappa shape index (κ1) is 15.4. The summed E-state index contributed by atoms with van der Waals surface area (Å²) in [7, 11) is 0. The van der Waals surface area contributed by atoms with E-state index >= 15 is 0 Å². The normalized spacial score (nSPS) is 17.7. The minimum absolute atomic E-state index is 0.415. The van der Waals surface area contributed by atoms with Crippen molar-refractivity contribution in [3.63, 3.8) is 0 Å². The van der Waals surface area contributed by atoms with Gasteiger partial charge in [-0.2, -0.15) is 11.8 Å². The Labute approximate surface area is 125 Å². The zero-order valence-corrected chi connectivity index (χ0v) is 13.0. The van der Waals surface area contributed by atoms with E-state index in [1.54, 1.807) is 18.7 Å². The summed E-state index contributed by atoms with van der Waals surface area (Å²) in [6.45, 7) is 3.90. The van der Waals surface area contributed by atoms with Gasteiger partial charge in [0.25, 0.3) is 0 Å². The van der Waals surface area contributed by atoms with Gasteiger partial charge in [0.2, 0.25) is 0 Å². The molecule has 0 saturated heterocycles. The van der Waals surface area contributed by atoms with Crippen molar-refractivity contribution in [1.29, 1.82) is 0 Å². The molecule has 1 saturated carbocycles. The number of carboxylic acid groups (broad SMARTS) is 1. The van der Waals surface area contributed by atoms with Crippen LogP contribution in [0.15, 0.2) is 24.3 Å². The Bertz CT molecular complexity index is 473. The number of nitrogens with one attached hydrogen (secondary N) is 1. The predicted molar refractivity (Wildman–Crippen MR) is 84.2 cm³/mol. The van der Waals surface area contributed by atoms with Gasteiger partial charge in [0.05, 0.1) is 0 Å². The molecule has 0 heterocycles. The van der Waals surface area contributed by atoms with E-state index in [1.807, 2.05) is 0 Å².